The van der Waals surface area contributed by atoms with E-state index < -0.39 is 0 Å². The Morgan fingerprint density at radius 1 is 1.39 bits per heavy atom. The zero-order chi connectivity index (χ0) is 13.5. The van der Waals surface area contributed by atoms with Crippen LogP contribution in [0.3, 0.4) is 0 Å². The minimum absolute atomic E-state index is 0.120. The van der Waals surface area contributed by atoms with E-state index in [1.807, 2.05) is 0 Å². The third-order valence-electron chi connectivity index (χ3n) is 4.02. The number of aliphatic hydroxyl groups is 1. The van der Waals surface area contributed by atoms with Gasteiger partial charge in [0.05, 0.1) is 12.6 Å². The van der Waals surface area contributed by atoms with Gasteiger partial charge < -0.3 is 10.4 Å². The first-order valence-corrected chi connectivity index (χ1v) is 7.30. The number of hydrogen-bond donors (Lipinski definition) is 2. The molecule has 1 aliphatic rings. The van der Waals surface area contributed by atoms with Gasteiger partial charge >= 0.3 is 0 Å². The molecule has 0 aromatic rings. The summed E-state index contributed by atoms with van der Waals surface area (Å²) in [6.45, 7) is 8.43. The van der Waals surface area contributed by atoms with Gasteiger partial charge in [-0.1, -0.05) is 20.8 Å². The smallest absolute Gasteiger partial charge is 0.234 e. The molecule has 0 radical (unpaired) electrons. The molecule has 2 atom stereocenters. The Morgan fingerprint density at radius 3 is 2.61 bits per heavy atom. The van der Waals surface area contributed by atoms with Crippen molar-refractivity contribution in [3.63, 3.8) is 0 Å². The van der Waals surface area contributed by atoms with Crippen molar-refractivity contribution in [2.45, 2.75) is 58.6 Å². The van der Waals surface area contributed by atoms with Crippen LogP contribution in [0.5, 0.6) is 0 Å². The van der Waals surface area contributed by atoms with Crippen molar-refractivity contribution in [3.8, 4) is 0 Å². The summed E-state index contributed by atoms with van der Waals surface area (Å²) in [5.74, 6) is 0.439. The van der Waals surface area contributed by atoms with Gasteiger partial charge in [0.15, 0.2) is 0 Å². The second kappa shape index (κ2) is 7.74. The lowest BCUT2D eigenvalue weighted by molar-refractivity contribution is -0.124. The lowest BCUT2D eigenvalue weighted by Crippen LogP contribution is -2.48. The van der Waals surface area contributed by atoms with E-state index in [1.54, 1.807) is 0 Å². The largest absolute Gasteiger partial charge is 0.393 e. The quantitative estimate of drug-likeness (QED) is 0.755. The fourth-order valence-corrected chi connectivity index (χ4v) is 2.61. The maximum atomic E-state index is 11.9. The van der Waals surface area contributed by atoms with E-state index in [1.165, 1.54) is 0 Å². The number of carbonyl (C=O) groups is 1. The molecule has 1 fully saturated rings. The van der Waals surface area contributed by atoms with Crippen LogP contribution in [-0.2, 0) is 4.79 Å². The second-order valence-electron chi connectivity index (χ2n) is 5.34. The van der Waals surface area contributed by atoms with Gasteiger partial charge in [-0.25, -0.2) is 0 Å². The highest BCUT2D eigenvalue weighted by molar-refractivity contribution is 5.78. The summed E-state index contributed by atoms with van der Waals surface area (Å²) in [6, 6.07) is 0.301. The molecule has 2 N–H and O–H groups in total. The molecule has 0 saturated carbocycles. The number of nitrogens with zero attached hydrogens (tertiary/aromatic N) is 1. The van der Waals surface area contributed by atoms with Crippen LogP contribution in [-0.4, -0.2) is 47.7 Å². The molecule has 18 heavy (non-hydrogen) atoms. The van der Waals surface area contributed by atoms with Crippen molar-refractivity contribution in [2.24, 2.45) is 5.92 Å². The molecule has 4 heteroatoms. The van der Waals surface area contributed by atoms with Crippen molar-refractivity contribution in [2.75, 3.05) is 19.6 Å². The van der Waals surface area contributed by atoms with Crippen LogP contribution >= 0.6 is 0 Å². The molecule has 0 aromatic carbocycles. The topological polar surface area (TPSA) is 52.6 Å². The van der Waals surface area contributed by atoms with E-state index in [0.717, 1.165) is 38.8 Å². The van der Waals surface area contributed by atoms with E-state index >= 15 is 0 Å². The van der Waals surface area contributed by atoms with Crippen LogP contribution in [0.15, 0.2) is 0 Å². The predicted octanol–water partition coefficient (Wildman–Crippen LogP) is 1.38. The lowest BCUT2D eigenvalue weighted by atomic mass is 9.92. The van der Waals surface area contributed by atoms with Gasteiger partial charge in [0.1, 0.15) is 0 Å². The Labute approximate surface area is 111 Å². The highest BCUT2D eigenvalue weighted by Gasteiger charge is 2.27. The van der Waals surface area contributed by atoms with Crippen LogP contribution in [0.2, 0.25) is 0 Å². The molecular formula is C14H28N2O2. The number of aliphatic hydroxyl groups excluding tert-OH is 1. The van der Waals surface area contributed by atoms with Crippen LogP contribution in [0.1, 0.15) is 46.5 Å². The fraction of sp³-hybridized carbons (Fsp3) is 0.929. The summed E-state index contributed by atoms with van der Waals surface area (Å²) in [6.07, 6.45) is 3.55. The summed E-state index contributed by atoms with van der Waals surface area (Å²) in [5.41, 5.74) is 0. The predicted molar refractivity (Wildman–Crippen MR) is 73.4 cm³/mol. The van der Waals surface area contributed by atoms with Crippen molar-refractivity contribution in [1.29, 1.82) is 0 Å². The molecule has 0 aliphatic carbocycles. The standard InChI is InChI=1S/C14H28N2O2/c1-4-11-9-16(8-7-13(11)17)10-14(18)15-12(5-2)6-3/h11-13,17H,4-10H2,1-3H3,(H,15,18). The lowest BCUT2D eigenvalue weighted by Gasteiger charge is -2.35. The highest BCUT2D eigenvalue weighted by Crippen LogP contribution is 2.19. The van der Waals surface area contributed by atoms with Gasteiger partial charge in [0, 0.05) is 19.1 Å². The number of rotatable bonds is 6. The molecule has 1 aliphatic heterocycles. The minimum atomic E-state index is -0.187. The van der Waals surface area contributed by atoms with Gasteiger partial charge in [-0.2, -0.15) is 0 Å². The number of likely N-dealkylation sites (tertiary alicyclic amines) is 1. The number of nitrogens with one attached hydrogen (secondary N) is 1. The van der Waals surface area contributed by atoms with Gasteiger partial charge in [-0.15, -0.1) is 0 Å². The van der Waals surface area contributed by atoms with E-state index in [2.05, 4.69) is 31.0 Å². The van der Waals surface area contributed by atoms with Gasteiger partial charge in [0.2, 0.25) is 5.91 Å². The summed E-state index contributed by atoms with van der Waals surface area (Å²) >= 11 is 0. The third kappa shape index (κ3) is 4.58. The average Bonchev–Trinajstić information content (AvgIpc) is 2.38. The van der Waals surface area contributed by atoms with Crippen molar-refractivity contribution in [1.82, 2.24) is 10.2 Å². The van der Waals surface area contributed by atoms with Crippen LogP contribution in [0.4, 0.5) is 0 Å². The maximum Gasteiger partial charge on any atom is 0.234 e. The van der Waals surface area contributed by atoms with E-state index in [-0.39, 0.29) is 12.0 Å². The van der Waals surface area contributed by atoms with E-state index in [0.29, 0.717) is 18.5 Å². The molecule has 1 saturated heterocycles. The monoisotopic (exact) mass is 256 g/mol. The maximum absolute atomic E-state index is 11.9. The fourth-order valence-electron chi connectivity index (χ4n) is 2.61. The summed E-state index contributed by atoms with van der Waals surface area (Å²) in [5, 5.41) is 12.9. The van der Waals surface area contributed by atoms with E-state index in [4.69, 9.17) is 0 Å². The minimum Gasteiger partial charge on any atom is -0.393 e. The first kappa shape index (κ1) is 15.4. The molecule has 1 heterocycles. The molecule has 106 valence electrons. The molecule has 1 amide bonds. The third-order valence-corrected chi connectivity index (χ3v) is 4.02. The number of carbonyl (C=O) groups excluding carboxylic acids is 1. The van der Waals surface area contributed by atoms with E-state index in [9.17, 15) is 9.90 Å². The van der Waals surface area contributed by atoms with Gasteiger partial charge in [-0.3, -0.25) is 9.69 Å². The van der Waals surface area contributed by atoms with Crippen molar-refractivity contribution < 1.29 is 9.90 Å². The highest BCUT2D eigenvalue weighted by atomic mass is 16.3. The molecule has 0 aromatic heterocycles. The Balaban J connectivity index is 2.36. The molecule has 1 rings (SSSR count). The van der Waals surface area contributed by atoms with Gasteiger partial charge in [0.25, 0.3) is 0 Å². The summed E-state index contributed by atoms with van der Waals surface area (Å²) in [4.78, 5) is 14.1. The SMILES string of the molecule is CCC(CC)NC(=O)CN1CCC(O)C(CC)C1. The Hall–Kier alpha value is -0.610. The second-order valence-corrected chi connectivity index (χ2v) is 5.34. The number of amides is 1. The van der Waals surface area contributed by atoms with Crippen molar-refractivity contribution >= 4 is 5.91 Å². The number of hydrogen-bond acceptors (Lipinski definition) is 3. The van der Waals surface area contributed by atoms with Crippen LogP contribution < -0.4 is 5.32 Å². The molecular weight excluding hydrogens is 228 g/mol. The Morgan fingerprint density at radius 2 is 2.06 bits per heavy atom. The molecule has 0 bridgehead atoms. The molecule has 2 unspecified atom stereocenters. The van der Waals surface area contributed by atoms with Crippen LogP contribution in [0.25, 0.3) is 0 Å². The van der Waals surface area contributed by atoms with Crippen LogP contribution in [0, 0.1) is 5.92 Å². The molecule has 0 spiro atoms. The normalized spacial score (nSPS) is 25.4. The average molecular weight is 256 g/mol. The van der Waals surface area contributed by atoms with Crippen molar-refractivity contribution in [3.05, 3.63) is 0 Å². The van der Waals surface area contributed by atoms with Gasteiger partial charge in [-0.05, 0) is 31.6 Å². The number of piperidine rings is 1. The molecule has 4 nitrogen and oxygen atoms in total. The Kier molecular flexibility index (Phi) is 6.65. The zero-order valence-electron chi connectivity index (χ0n) is 12.0. The zero-order valence-corrected chi connectivity index (χ0v) is 12.0. The first-order valence-electron chi connectivity index (χ1n) is 7.30. The summed E-state index contributed by atoms with van der Waals surface area (Å²) in [7, 11) is 0. The first-order chi connectivity index (χ1) is 8.60. The Bertz CT molecular complexity index is 254. The summed E-state index contributed by atoms with van der Waals surface area (Å²) < 4.78 is 0.